The van der Waals surface area contributed by atoms with Crippen LogP contribution in [0.4, 0.5) is 30.4 Å². The number of aliphatic carboxylic acids is 1. The maximum absolute atomic E-state index is 10.6. The smallest absolute Gasteiger partial charge is 0.475 e. The number of nitrogens with one attached hydrogen (secondary N) is 2. The molecule has 0 aliphatic heterocycles. The molecular formula is C18H21F3N6O2. The molecule has 0 saturated carbocycles. The van der Waals surface area contributed by atoms with Gasteiger partial charge in [-0.15, -0.1) is 0 Å². The van der Waals surface area contributed by atoms with Gasteiger partial charge in [0.15, 0.2) is 5.69 Å². The minimum absolute atomic E-state index is 0.0353. The van der Waals surface area contributed by atoms with Crippen LogP contribution in [0.15, 0.2) is 24.4 Å². The second-order valence-electron chi connectivity index (χ2n) is 6.19. The van der Waals surface area contributed by atoms with E-state index in [0.717, 1.165) is 16.9 Å². The first-order valence-electron chi connectivity index (χ1n) is 8.34. The Morgan fingerprint density at radius 3 is 2.45 bits per heavy atom. The van der Waals surface area contributed by atoms with Gasteiger partial charge in [-0.2, -0.15) is 18.4 Å². The summed E-state index contributed by atoms with van der Waals surface area (Å²) in [5, 5.41) is 22.7. The van der Waals surface area contributed by atoms with E-state index in [2.05, 4.69) is 26.7 Å². The number of anilines is 3. The van der Waals surface area contributed by atoms with Crippen LogP contribution in [0.1, 0.15) is 23.9 Å². The van der Waals surface area contributed by atoms with Crippen LogP contribution in [0, 0.1) is 25.2 Å². The molecule has 0 bridgehead atoms. The summed E-state index contributed by atoms with van der Waals surface area (Å²) in [4.78, 5) is 17.5. The van der Waals surface area contributed by atoms with Crippen molar-refractivity contribution in [3.63, 3.8) is 0 Å². The molecule has 0 aliphatic rings. The molecule has 29 heavy (non-hydrogen) atoms. The Bertz CT molecular complexity index is 874. The lowest BCUT2D eigenvalue weighted by molar-refractivity contribution is -0.192. The average molecular weight is 410 g/mol. The Balaban J connectivity index is 0.000000516. The number of aryl methyl sites for hydroxylation is 2. The molecule has 0 fully saturated rings. The van der Waals surface area contributed by atoms with Gasteiger partial charge in [0.1, 0.15) is 11.9 Å². The van der Waals surface area contributed by atoms with Crippen molar-refractivity contribution in [1.29, 1.82) is 5.26 Å². The van der Waals surface area contributed by atoms with Gasteiger partial charge in [-0.05, 0) is 44.5 Å². The van der Waals surface area contributed by atoms with Gasteiger partial charge in [0.25, 0.3) is 0 Å². The van der Waals surface area contributed by atoms with Crippen LogP contribution in [0.3, 0.4) is 0 Å². The standard InChI is InChI=1S/C16H20N6.C2HF3O2/c1-10-4-12(3)21-16(5-10)22-14-6-13(19-8-11(2)18)9-20-15(14)7-17;3-2(4,5)1(6)7/h4-6,9,11,19H,8,18H2,1-3H3,(H,21,22);(H,6,7)/t11-;/m0./s1. The van der Waals surface area contributed by atoms with E-state index >= 15 is 0 Å². The Kier molecular flexibility index (Phi) is 8.35. The third-order valence-corrected chi connectivity index (χ3v) is 3.22. The molecule has 0 aliphatic carbocycles. The van der Waals surface area contributed by atoms with Gasteiger partial charge in [0, 0.05) is 18.3 Å². The number of carbonyl (C=O) groups is 1. The molecule has 0 unspecified atom stereocenters. The monoisotopic (exact) mass is 410 g/mol. The van der Waals surface area contributed by atoms with Gasteiger partial charge in [-0.25, -0.2) is 14.8 Å². The first kappa shape index (κ1) is 23.6. The SMILES string of the molecule is Cc1cc(C)nc(Nc2cc(NC[C@H](C)N)cnc2C#N)c1.O=C(O)C(F)(F)F. The van der Waals surface area contributed by atoms with Crippen LogP contribution < -0.4 is 16.4 Å². The molecule has 156 valence electrons. The fourth-order valence-corrected chi connectivity index (χ4v) is 2.07. The number of hydrogen-bond acceptors (Lipinski definition) is 7. The second-order valence-corrected chi connectivity index (χ2v) is 6.19. The normalized spacial score (nSPS) is 11.5. The van der Waals surface area contributed by atoms with Crippen LogP contribution in [0.25, 0.3) is 0 Å². The highest BCUT2D eigenvalue weighted by atomic mass is 19.4. The minimum atomic E-state index is -5.08. The van der Waals surface area contributed by atoms with E-state index in [1.165, 1.54) is 0 Å². The highest BCUT2D eigenvalue weighted by molar-refractivity contribution is 5.73. The van der Waals surface area contributed by atoms with Crippen molar-refractivity contribution in [2.45, 2.75) is 33.0 Å². The number of hydrogen-bond donors (Lipinski definition) is 4. The number of nitriles is 1. The molecule has 1 atom stereocenters. The summed E-state index contributed by atoms with van der Waals surface area (Å²) in [7, 11) is 0. The van der Waals surface area contributed by atoms with E-state index in [1.54, 1.807) is 6.20 Å². The van der Waals surface area contributed by atoms with Crippen LogP contribution in [-0.4, -0.2) is 39.8 Å². The van der Waals surface area contributed by atoms with Crippen molar-refractivity contribution < 1.29 is 23.1 Å². The zero-order valence-electron chi connectivity index (χ0n) is 16.0. The zero-order chi connectivity index (χ0) is 22.2. The van der Waals surface area contributed by atoms with Gasteiger partial charge in [0.2, 0.25) is 0 Å². The van der Waals surface area contributed by atoms with E-state index in [-0.39, 0.29) is 6.04 Å². The molecule has 0 spiro atoms. The molecule has 2 aromatic heterocycles. The van der Waals surface area contributed by atoms with E-state index in [9.17, 15) is 18.4 Å². The summed E-state index contributed by atoms with van der Waals surface area (Å²) in [6, 6.07) is 7.88. The largest absolute Gasteiger partial charge is 0.490 e. The Morgan fingerprint density at radius 1 is 1.34 bits per heavy atom. The van der Waals surface area contributed by atoms with Gasteiger partial charge >= 0.3 is 12.1 Å². The summed E-state index contributed by atoms with van der Waals surface area (Å²) < 4.78 is 31.7. The Morgan fingerprint density at radius 2 is 1.97 bits per heavy atom. The van der Waals surface area contributed by atoms with Gasteiger partial charge in [-0.3, -0.25) is 0 Å². The summed E-state index contributed by atoms with van der Waals surface area (Å²) >= 11 is 0. The summed E-state index contributed by atoms with van der Waals surface area (Å²) in [6.07, 6.45) is -3.46. The molecule has 2 heterocycles. The van der Waals surface area contributed by atoms with Crippen molar-refractivity contribution in [2.75, 3.05) is 17.2 Å². The van der Waals surface area contributed by atoms with Gasteiger partial charge in [0.05, 0.1) is 17.6 Å². The van der Waals surface area contributed by atoms with Crippen LogP contribution in [-0.2, 0) is 4.79 Å². The van der Waals surface area contributed by atoms with Crippen LogP contribution in [0.5, 0.6) is 0 Å². The van der Waals surface area contributed by atoms with Crippen molar-refractivity contribution in [1.82, 2.24) is 9.97 Å². The molecule has 5 N–H and O–H groups in total. The molecule has 2 aromatic rings. The van der Waals surface area contributed by atoms with Crippen LogP contribution in [0.2, 0.25) is 0 Å². The highest BCUT2D eigenvalue weighted by Crippen LogP contribution is 2.22. The maximum atomic E-state index is 10.6. The molecule has 0 aromatic carbocycles. The molecule has 0 amide bonds. The first-order chi connectivity index (χ1) is 13.4. The summed E-state index contributed by atoms with van der Waals surface area (Å²) in [5.74, 6) is -2.06. The highest BCUT2D eigenvalue weighted by Gasteiger charge is 2.38. The van der Waals surface area contributed by atoms with E-state index in [0.29, 0.717) is 23.7 Å². The third kappa shape index (κ3) is 8.44. The predicted octanol–water partition coefficient (Wildman–Crippen LogP) is 3.10. The maximum Gasteiger partial charge on any atom is 0.490 e. The van der Waals surface area contributed by atoms with E-state index in [4.69, 9.17) is 15.6 Å². The summed E-state index contributed by atoms with van der Waals surface area (Å²) in [6.45, 7) is 6.49. The number of rotatable bonds is 5. The second kappa shape index (κ2) is 10.2. The fraction of sp³-hybridized carbons (Fsp3) is 0.333. The molecule has 2 rings (SSSR count). The van der Waals surface area contributed by atoms with Crippen molar-refractivity contribution in [3.8, 4) is 6.07 Å². The lowest BCUT2D eigenvalue weighted by atomic mass is 10.2. The molecule has 0 saturated heterocycles. The number of carboxylic acids is 1. The minimum Gasteiger partial charge on any atom is -0.475 e. The Hall–Kier alpha value is -3.39. The molecule has 0 radical (unpaired) electrons. The van der Waals surface area contributed by atoms with Crippen molar-refractivity contribution in [2.24, 2.45) is 5.73 Å². The Labute approximate surface area is 165 Å². The number of pyridine rings is 2. The summed E-state index contributed by atoms with van der Waals surface area (Å²) in [5.41, 5.74) is 9.51. The number of halogens is 3. The number of nitrogens with zero attached hydrogens (tertiary/aromatic N) is 3. The fourth-order valence-electron chi connectivity index (χ4n) is 2.07. The van der Waals surface area contributed by atoms with Gasteiger partial charge < -0.3 is 21.5 Å². The van der Waals surface area contributed by atoms with Crippen molar-refractivity contribution in [3.05, 3.63) is 41.3 Å². The van der Waals surface area contributed by atoms with Crippen molar-refractivity contribution >= 4 is 23.2 Å². The van der Waals surface area contributed by atoms with E-state index < -0.39 is 12.1 Å². The topological polar surface area (TPSA) is 137 Å². The predicted molar refractivity (Wildman–Crippen MR) is 102 cm³/mol. The number of nitrogens with two attached hydrogens (primary N) is 1. The quantitative estimate of drug-likeness (QED) is 0.590. The molecule has 8 nitrogen and oxygen atoms in total. The third-order valence-electron chi connectivity index (χ3n) is 3.22. The van der Waals surface area contributed by atoms with Crippen LogP contribution >= 0.6 is 0 Å². The number of alkyl halides is 3. The lowest BCUT2D eigenvalue weighted by Crippen LogP contribution is -2.25. The molecular weight excluding hydrogens is 389 g/mol. The average Bonchev–Trinajstić information content (AvgIpc) is 2.59. The number of carboxylic acid groups (broad SMARTS) is 1. The zero-order valence-corrected chi connectivity index (χ0v) is 16.0. The first-order valence-corrected chi connectivity index (χ1v) is 8.34. The van der Waals surface area contributed by atoms with Gasteiger partial charge in [-0.1, -0.05) is 0 Å². The number of aromatic nitrogens is 2. The lowest BCUT2D eigenvalue weighted by Gasteiger charge is -2.12. The van der Waals surface area contributed by atoms with E-state index in [1.807, 2.05) is 39.0 Å². The molecule has 11 heteroatoms.